The molecule has 1 saturated heterocycles. The molecule has 1 aliphatic heterocycles. The lowest BCUT2D eigenvalue weighted by molar-refractivity contribution is 0.0779. The van der Waals surface area contributed by atoms with Crippen molar-refractivity contribution in [2.45, 2.75) is 32.9 Å². The first-order valence-electron chi connectivity index (χ1n) is 6.49. The highest BCUT2D eigenvalue weighted by atomic mass is 35.5. The van der Waals surface area contributed by atoms with Crippen LogP contribution in [0, 0.1) is 5.92 Å². The van der Waals surface area contributed by atoms with Gasteiger partial charge in [-0.15, -0.1) is 0 Å². The van der Waals surface area contributed by atoms with Gasteiger partial charge >= 0.3 is 0 Å². The van der Waals surface area contributed by atoms with Gasteiger partial charge in [0.25, 0.3) is 5.91 Å². The molecular weight excluding hydrogens is 267 g/mol. The molecule has 0 N–H and O–H groups in total. The van der Waals surface area contributed by atoms with E-state index in [1.165, 1.54) is 6.20 Å². The van der Waals surface area contributed by atoms with E-state index >= 15 is 0 Å². The second-order valence-electron chi connectivity index (χ2n) is 5.45. The summed E-state index contributed by atoms with van der Waals surface area (Å²) in [6.45, 7) is 6.43. The van der Waals surface area contributed by atoms with Gasteiger partial charge in [-0.2, -0.15) is 0 Å². The Morgan fingerprint density at radius 2 is 2.21 bits per heavy atom. The molecule has 5 heteroatoms. The van der Waals surface area contributed by atoms with E-state index in [9.17, 15) is 9.18 Å². The van der Waals surface area contributed by atoms with Gasteiger partial charge in [-0.3, -0.25) is 4.79 Å². The molecule has 1 amide bonds. The van der Waals surface area contributed by atoms with Crippen LogP contribution in [0.1, 0.15) is 42.6 Å². The van der Waals surface area contributed by atoms with Crippen LogP contribution in [0.15, 0.2) is 12.3 Å². The molecule has 1 aromatic heterocycles. The van der Waals surface area contributed by atoms with Crippen LogP contribution in [-0.2, 0) is 0 Å². The van der Waals surface area contributed by atoms with Crippen LogP contribution in [0.2, 0.25) is 5.15 Å². The van der Waals surface area contributed by atoms with Gasteiger partial charge in [-0.1, -0.05) is 32.4 Å². The number of carbonyl (C=O) groups is 1. The molecule has 19 heavy (non-hydrogen) atoms. The van der Waals surface area contributed by atoms with Crippen molar-refractivity contribution >= 4 is 17.5 Å². The van der Waals surface area contributed by atoms with Gasteiger partial charge < -0.3 is 4.90 Å². The maximum Gasteiger partial charge on any atom is 0.255 e. The van der Waals surface area contributed by atoms with Crippen LogP contribution < -0.4 is 0 Å². The lowest BCUT2D eigenvalue weighted by Gasteiger charge is -2.19. The van der Waals surface area contributed by atoms with E-state index < -0.39 is 6.17 Å². The van der Waals surface area contributed by atoms with E-state index in [0.717, 1.165) is 5.56 Å². The first kappa shape index (κ1) is 14.3. The SMILES string of the molecule is CC(C)c1cc(Cl)ncc1C(=O)N1C[C@@H](C)[C@@H](F)C1. The Kier molecular flexibility index (Phi) is 4.09. The Hall–Kier alpha value is -1.16. The van der Waals surface area contributed by atoms with E-state index in [1.54, 1.807) is 11.0 Å². The lowest BCUT2D eigenvalue weighted by Crippen LogP contribution is -2.30. The molecule has 1 aliphatic rings. The summed E-state index contributed by atoms with van der Waals surface area (Å²) < 4.78 is 13.5. The molecule has 0 aliphatic carbocycles. The third kappa shape index (κ3) is 2.89. The third-order valence-electron chi connectivity index (χ3n) is 3.56. The van der Waals surface area contributed by atoms with E-state index in [-0.39, 0.29) is 24.3 Å². The van der Waals surface area contributed by atoms with Crippen molar-refractivity contribution in [3.63, 3.8) is 0 Å². The molecule has 0 saturated carbocycles. The van der Waals surface area contributed by atoms with E-state index in [2.05, 4.69) is 4.98 Å². The van der Waals surface area contributed by atoms with Crippen LogP contribution in [0.4, 0.5) is 4.39 Å². The first-order chi connectivity index (χ1) is 8.90. The predicted molar refractivity (Wildman–Crippen MR) is 73.3 cm³/mol. The van der Waals surface area contributed by atoms with Crippen molar-refractivity contribution in [3.8, 4) is 0 Å². The fourth-order valence-corrected chi connectivity index (χ4v) is 2.53. The van der Waals surface area contributed by atoms with Crippen LogP contribution in [0.25, 0.3) is 0 Å². The van der Waals surface area contributed by atoms with Crippen molar-refractivity contribution in [2.75, 3.05) is 13.1 Å². The zero-order valence-corrected chi connectivity index (χ0v) is 12.1. The number of alkyl halides is 1. The number of halogens is 2. The van der Waals surface area contributed by atoms with E-state index in [1.807, 2.05) is 20.8 Å². The fourth-order valence-electron chi connectivity index (χ4n) is 2.36. The molecule has 0 unspecified atom stereocenters. The molecule has 0 radical (unpaired) electrons. The summed E-state index contributed by atoms with van der Waals surface area (Å²) in [5.41, 5.74) is 1.39. The van der Waals surface area contributed by atoms with Crippen molar-refractivity contribution < 1.29 is 9.18 Å². The van der Waals surface area contributed by atoms with Gasteiger partial charge in [0.1, 0.15) is 11.3 Å². The highest BCUT2D eigenvalue weighted by molar-refractivity contribution is 6.29. The molecule has 0 aromatic carbocycles. The molecule has 2 atom stereocenters. The summed E-state index contributed by atoms with van der Waals surface area (Å²) in [7, 11) is 0. The van der Waals surface area contributed by atoms with Crippen LogP contribution >= 0.6 is 11.6 Å². The summed E-state index contributed by atoms with van der Waals surface area (Å²) in [6, 6.07) is 1.71. The average Bonchev–Trinajstić information content (AvgIpc) is 2.68. The zero-order chi connectivity index (χ0) is 14.2. The second-order valence-corrected chi connectivity index (χ2v) is 5.84. The number of likely N-dealkylation sites (tertiary alicyclic amines) is 1. The Labute approximate surface area is 117 Å². The average molecular weight is 285 g/mol. The number of hydrogen-bond acceptors (Lipinski definition) is 2. The van der Waals surface area contributed by atoms with E-state index in [4.69, 9.17) is 11.6 Å². The molecule has 1 aromatic rings. The maximum absolute atomic E-state index is 13.5. The van der Waals surface area contributed by atoms with Crippen LogP contribution in [0.3, 0.4) is 0 Å². The first-order valence-corrected chi connectivity index (χ1v) is 6.86. The number of aromatic nitrogens is 1. The number of rotatable bonds is 2. The summed E-state index contributed by atoms with van der Waals surface area (Å²) >= 11 is 5.88. The number of amides is 1. The predicted octanol–water partition coefficient (Wildman–Crippen LogP) is 3.29. The zero-order valence-electron chi connectivity index (χ0n) is 11.4. The Bertz CT molecular complexity index is 482. The maximum atomic E-state index is 13.5. The summed E-state index contributed by atoms with van der Waals surface area (Å²) in [6.07, 6.45) is 0.558. The van der Waals surface area contributed by atoms with Gasteiger partial charge in [0, 0.05) is 18.7 Å². The van der Waals surface area contributed by atoms with Gasteiger partial charge in [0.05, 0.1) is 12.1 Å². The van der Waals surface area contributed by atoms with Gasteiger partial charge in [0.2, 0.25) is 0 Å². The highest BCUT2D eigenvalue weighted by Crippen LogP contribution is 2.26. The number of hydrogen-bond donors (Lipinski definition) is 0. The smallest absolute Gasteiger partial charge is 0.255 e. The lowest BCUT2D eigenvalue weighted by atomic mass is 9.98. The summed E-state index contributed by atoms with van der Waals surface area (Å²) in [5, 5.41) is 0.374. The molecule has 104 valence electrons. The third-order valence-corrected chi connectivity index (χ3v) is 3.77. The van der Waals surface area contributed by atoms with Crippen molar-refractivity contribution in [1.29, 1.82) is 0 Å². The van der Waals surface area contributed by atoms with Crippen molar-refractivity contribution in [3.05, 3.63) is 28.5 Å². The Morgan fingerprint density at radius 3 is 2.74 bits per heavy atom. The molecule has 2 heterocycles. The van der Waals surface area contributed by atoms with Gasteiger partial charge in [-0.05, 0) is 17.5 Å². The monoisotopic (exact) mass is 284 g/mol. The van der Waals surface area contributed by atoms with Gasteiger partial charge in [-0.25, -0.2) is 9.37 Å². The molecule has 0 spiro atoms. The largest absolute Gasteiger partial charge is 0.335 e. The molecule has 2 rings (SSSR count). The second kappa shape index (κ2) is 5.45. The van der Waals surface area contributed by atoms with Crippen LogP contribution in [0.5, 0.6) is 0 Å². The van der Waals surface area contributed by atoms with Crippen molar-refractivity contribution in [2.24, 2.45) is 5.92 Å². The topological polar surface area (TPSA) is 33.2 Å². The summed E-state index contributed by atoms with van der Waals surface area (Å²) in [4.78, 5) is 18.0. The van der Waals surface area contributed by atoms with Gasteiger partial charge in [0.15, 0.2) is 0 Å². The molecule has 0 bridgehead atoms. The number of pyridine rings is 1. The minimum Gasteiger partial charge on any atom is -0.335 e. The highest BCUT2D eigenvalue weighted by Gasteiger charge is 2.33. The Morgan fingerprint density at radius 1 is 1.53 bits per heavy atom. The van der Waals surface area contributed by atoms with Crippen LogP contribution in [-0.4, -0.2) is 35.1 Å². The molecule has 1 fully saturated rings. The quantitative estimate of drug-likeness (QED) is 0.781. The normalized spacial score (nSPS) is 23.2. The minimum absolute atomic E-state index is 0.105. The molecular formula is C14H18ClFN2O. The number of carbonyl (C=O) groups excluding carboxylic acids is 1. The minimum atomic E-state index is -0.938. The summed E-state index contributed by atoms with van der Waals surface area (Å²) in [5.74, 6) is -0.0905. The Balaban J connectivity index is 2.29. The standard InChI is InChI=1S/C14H18ClFN2O/c1-8(2)10-4-13(15)17-5-11(10)14(19)18-6-9(3)12(16)7-18/h4-5,8-9,12H,6-7H2,1-3H3/t9-,12+/m1/s1. The number of nitrogens with zero attached hydrogens (tertiary/aromatic N) is 2. The fraction of sp³-hybridized carbons (Fsp3) is 0.571. The van der Waals surface area contributed by atoms with E-state index in [0.29, 0.717) is 17.3 Å². The van der Waals surface area contributed by atoms with Crippen molar-refractivity contribution in [1.82, 2.24) is 9.88 Å². The molecule has 3 nitrogen and oxygen atoms in total.